The Morgan fingerprint density at radius 3 is 2.93 bits per heavy atom. The van der Waals surface area contributed by atoms with Crippen LogP contribution in [0, 0.1) is 11.8 Å². The second-order valence-electron chi connectivity index (χ2n) is 8.15. The number of benzene rings is 1. The molecule has 0 unspecified atom stereocenters. The monoisotopic (exact) mass is 370 g/mol. The summed E-state index contributed by atoms with van der Waals surface area (Å²) in [6, 6.07) is 6.42. The molecule has 2 fully saturated rings. The average Bonchev–Trinajstić information content (AvgIpc) is 3.32. The fraction of sp³-hybridized carbons (Fsp3) is 0.619. The quantitative estimate of drug-likeness (QED) is 0.847. The maximum Gasteiger partial charge on any atom is 0.137 e. The highest BCUT2D eigenvalue weighted by Gasteiger charge is 2.47. The second-order valence-corrected chi connectivity index (χ2v) is 8.15. The lowest BCUT2D eigenvalue weighted by atomic mass is 9.69. The van der Waals surface area contributed by atoms with Gasteiger partial charge in [0.2, 0.25) is 0 Å². The lowest BCUT2D eigenvalue weighted by molar-refractivity contribution is -0.0613. The van der Waals surface area contributed by atoms with Gasteiger partial charge in [0.25, 0.3) is 0 Å². The summed E-state index contributed by atoms with van der Waals surface area (Å²) in [5, 5.41) is 15.2. The molecule has 1 saturated heterocycles. The largest absolute Gasteiger partial charge is 0.496 e. The molecule has 1 aliphatic heterocycles. The fourth-order valence-electron chi connectivity index (χ4n) is 5.09. The molecule has 146 valence electrons. The van der Waals surface area contributed by atoms with Gasteiger partial charge in [-0.05, 0) is 42.9 Å². The fourth-order valence-corrected chi connectivity index (χ4v) is 5.09. The van der Waals surface area contributed by atoms with Crippen molar-refractivity contribution >= 4 is 0 Å². The molecule has 1 aliphatic carbocycles. The van der Waals surface area contributed by atoms with Gasteiger partial charge in [-0.15, -0.1) is 0 Å². The Bertz CT molecular complexity index is 764. The van der Waals surface area contributed by atoms with E-state index in [2.05, 4.69) is 34.0 Å². The average molecular weight is 370 g/mol. The molecule has 0 bridgehead atoms. The first kappa shape index (κ1) is 18.4. The van der Waals surface area contributed by atoms with Gasteiger partial charge in [-0.1, -0.05) is 19.4 Å². The lowest BCUT2D eigenvalue weighted by Crippen LogP contribution is -2.44. The van der Waals surface area contributed by atoms with Crippen LogP contribution in [0.5, 0.6) is 5.75 Å². The van der Waals surface area contributed by atoms with Crippen LogP contribution in [0.25, 0.3) is 0 Å². The number of hydrogen-bond acceptors (Lipinski definition) is 5. The first-order valence-corrected chi connectivity index (χ1v) is 10.0. The Morgan fingerprint density at radius 1 is 1.30 bits per heavy atom. The Hall–Kier alpha value is -1.92. The van der Waals surface area contributed by atoms with Gasteiger partial charge in [-0.3, -0.25) is 4.90 Å². The van der Waals surface area contributed by atoms with E-state index < -0.39 is 5.60 Å². The molecule has 6 nitrogen and oxygen atoms in total. The number of aromatic nitrogens is 3. The molecule has 4 rings (SSSR count). The van der Waals surface area contributed by atoms with Crippen LogP contribution in [0.4, 0.5) is 0 Å². The van der Waals surface area contributed by atoms with Crippen molar-refractivity contribution in [1.29, 1.82) is 0 Å². The Balaban J connectivity index is 1.48. The zero-order chi connectivity index (χ0) is 18.9. The lowest BCUT2D eigenvalue weighted by Gasteiger charge is -2.40. The Morgan fingerprint density at radius 2 is 2.19 bits per heavy atom. The van der Waals surface area contributed by atoms with E-state index in [1.807, 2.05) is 10.7 Å². The van der Waals surface area contributed by atoms with Crippen LogP contribution in [0.3, 0.4) is 0 Å². The normalized spacial score (nSPS) is 28.3. The summed E-state index contributed by atoms with van der Waals surface area (Å²) in [4.78, 5) is 6.54. The van der Waals surface area contributed by atoms with E-state index in [0.29, 0.717) is 18.4 Å². The summed E-state index contributed by atoms with van der Waals surface area (Å²) in [7, 11) is 1.70. The van der Waals surface area contributed by atoms with Gasteiger partial charge < -0.3 is 9.84 Å². The third-order valence-corrected chi connectivity index (χ3v) is 6.55. The number of hydrogen-bond donors (Lipinski definition) is 1. The molecular formula is C21H30N4O2. The topological polar surface area (TPSA) is 63.4 Å². The maximum absolute atomic E-state index is 11.0. The molecule has 0 amide bonds. The van der Waals surface area contributed by atoms with Crippen molar-refractivity contribution in [2.75, 3.05) is 20.2 Å². The molecule has 0 spiro atoms. The third kappa shape index (κ3) is 3.73. The van der Waals surface area contributed by atoms with Gasteiger partial charge >= 0.3 is 0 Å². The van der Waals surface area contributed by atoms with Crippen molar-refractivity contribution in [2.45, 2.75) is 51.3 Å². The molecule has 1 aromatic heterocycles. The number of ether oxygens (including phenoxy) is 1. The van der Waals surface area contributed by atoms with E-state index in [4.69, 9.17) is 4.74 Å². The zero-order valence-corrected chi connectivity index (χ0v) is 16.3. The van der Waals surface area contributed by atoms with Crippen LogP contribution in [-0.2, 0) is 13.1 Å². The number of rotatable bonds is 6. The number of likely N-dealkylation sites (tertiary alicyclic amines) is 1. The van der Waals surface area contributed by atoms with Crippen LogP contribution in [0.1, 0.15) is 43.7 Å². The standard InChI is InChI=1S/C21H30N4O2/c1-3-21(26)8-4-5-17-11-24(13-19(17)21)10-16-6-7-20(27-2)18(9-16)12-25-15-22-14-23-25/h6-7,9,14-15,17,19,26H,3-5,8,10-13H2,1-2H3/t17-,19+,21-/m0/s1. The second kappa shape index (κ2) is 7.60. The molecule has 3 atom stereocenters. The summed E-state index contributed by atoms with van der Waals surface area (Å²) in [5.74, 6) is 1.94. The number of nitrogens with zero attached hydrogens (tertiary/aromatic N) is 4. The zero-order valence-electron chi connectivity index (χ0n) is 16.3. The summed E-state index contributed by atoms with van der Waals surface area (Å²) >= 11 is 0. The SMILES string of the molecule is CC[C@]1(O)CCC[C@H]2CN(Cc3ccc(OC)c(Cn4cncn4)c3)C[C@H]21. The minimum atomic E-state index is -0.462. The highest BCUT2D eigenvalue weighted by atomic mass is 16.5. The Kier molecular flexibility index (Phi) is 5.19. The molecule has 6 heteroatoms. The van der Waals surface area contributed by atoms with E-state index in [1.54, 1.807) is 19.8 Å². The van der Waals surface area contributed by atoms with Gasteiger partial charge in [0.05, 0.1) is 19.3 Å². The summed E-state index contributed by atoms with van der Waals surface area (Å²) in [6.45, 7) is 5.79. The van der Waals surface area contributed by atoms with E-state index in [1.165, 1.54) is 12.0 Å². The number of aliphatic hydroxyl groups is 1. The van der Waals surface area contributed by atoms with Gasteiger partial charge in [0, 0.05) is 31.1 Å². The number of fused-ring (bicyclic) bond motifs is 1. The van der Waals surface area contributed by atoms with E-state index in [-0.39, 0.29) is 0 Å². The van der Waals surface area contributed by atoms with Gasteiger partial charge in [0.1, 0.15) is 18.4 Å². The van der Waals surface area contributed by atoms with E-state index in [9.17, 15) is 5.11 Å². The molecule has 1 saturated carbocycles. The summed E-state index contributed by atoms with van der Waals surface area (Å²) < 4.78 is 7.34. The van der Waals surface area contributed by atoms with E-state index in [0.717, 1.165) is 50.2 Å². The Labute approximate surface area is 161 Å². The predicted octanol–water partition coefficient (Wildman–Crippen LogP) is 2.71. The van der Waals surface area contributed by atoms with Crippen LogP contribution < -0.4 is 4.74 Å². The molecular weight excluding hydrogens is 340 g/mol. The van der Waals surface area contributed by atoms with Crippen LogP contribution in [0.2, 0.25) is 0 Å². The summed E-state index contributed by atoms with van der Waals surface area (Å²) in [5.41, 5.74) is 1.93. The number of methoxy groups -OCH3 is 1. The highest BCUT2D eigenvalue weighted by Crippen LogP contribution is 2.44. The van der Waals surface area contributed by atoms with Crippen molar-refractivity contribution in [1.82, 2.24) is 19.7 Å². The van der Waals surface area contributed by atoms with Gasteiger partial charge in [-0.25, -0.2) is 9.67 Å². The van der Waals surface area contributed by atoms with Crippen LogP contribution in [-0.4, -0.2) is 50.6 Å². The van der Waals surface area contributed by atoms with Crippen LogP contribution >= 0.6 is 0 Å². The highest BCUT2D eigenvalue weighted by molar-refractivity contribution is 5.37. The maximum atomic E-state index is 11.0. The van der Waals surface area contributed by atoms with Gasteiger partial charge in [0.15, 0.2) is 0 Å². The molecule has 2 heterocycles. The van der Waals surface area contributed by atoms with Crippen LogP contribution in [0.15, 0.2) is 30.9 Å². The third-order valence-electron chi connectivity index (χ3n) is 6.55. The summed E-state index contributed by atoms with van der Waals surface area (Å²) in [6.07, 6.45) is 7.52. The molecule has 0 radical (unpaired) electrons. The van der Waals surface area contributed by atoms with Crippen molar-refractivity contribution in [3.05, 3.63) is 42.0 Å². The predicted molar refractivity (Wildman–Crippen MR) is 103 cm³/mol. The first-order valence-electron chi connectivity index (χ1n) is 10.0. The molecule has 2 aliphatic rings. The minimum absolute atomic E-state index is 0.420. The van der Waals surface area contributed by atoms with Crippen molar-refractivity contribution in [3.8, 4) is 5.75 Å². The molecule has 1 aromatic carbocycles. The van der Waals surface area contributed by atoms with Gasteiger partial charge in [-0.2, -0.15) is 5.10 Å². The molecule has 1 N–H and O–H groups in total. The van der Waals surface area contributed by atoms with E-state index >= 15 is 0 Å². The minimum Gasteiger partial charge on any atom is -0.496 e. The van der Waals surface area contributed by atoms with Crippen molar-refractivity contribution in [3.63, 3.8) is 0 Å². The molecule has 27 heavy (non-hydrogen) atoms. The van der Waals surface area contributed by atoms with Crippen molar-refractivity contribution < 1.29 is 9.84 Å². The van der Waals surface area contributed by atoms with Crippen molar-refractivity contribution in [2.24, 2.45) is 11.8 Å². The first-order chi connectivity index (χ1) is 13.1. The smallest absolute Gasteiger partial charge is 0.137 e. The molecule has 2 aromatic rings.